The van der Waals surface area contributed by atoms with Crippen LogP contribution in [0.25, 0.3) is 0 Å². The molecule has 0 aromatic heterocycles. The summed E-state index contributed by atoms with van der Waals surface area (Å²) in [6.45, 7) is 2.20. The lowest BCUT2D eigenvalue weighted by Gasteiger charge is -2.15. The van der Waals surface area contributed by atoms with Crippen LogP contribution in [0, 0.1) is 0 Å². The van der Waals surface area contributed by atoms with Crippen molar-refractivity contribution in [2.45, 2.75) is 32.3 Å². The van der Waals surface area contributed by atoms with Crippen LogP contribution >= 0.6 is 0 Å². The average Bonchev–Trinajstić information content (AvgIpc) is 2.31. The third-order valence-electron chi connectivity index (χ3n) is 2.59. The van der Waals surface area contributed by atoms with Crippen LogP contribution in [0.5, 0.6) is 5.75 Å². The standard InChI is InChI=1S/C13H20O2/c1-4-5-6-13(15-3)11-7-9-12(14-2)10-8-11/h7-10,13H,4-6H2,1-3H3. The molecule has 1 aromatic rings. The lowest BCUT2D eigenvalue weighted by atomic mass is 10.0. The second-order valence-electron chi connectivity index (χ2n) is 3.64. The van der Waals surface area contributed by atoms with E-state index in [2.05, 4.69) is 19.1 Å². The zero-order chi connectivity index (χ0) is 11.1. The average molecular weight is 208 g/mol. The Morgan fingerprint density at radius 1 is 1.13 bits per heavy atom. The zero-order valence-electron chi connectivity index (χ0n) is 9.82. The van der Waals surface area contributed by atoms with Crippen molar-refractivity contribution in [2.24, 2.45) is 0 Å². The fourth-order valence-corrected chi connectivity index (χ4v) is 1.63. The number of hydrogen-bond donors (Lipinski definition) is 0. The highest BCUT2D eigenvalue weighted by molar-refractivity contribution is 5.28. The van der Waals surface area contributed by atoms with Gasteiger partial charge in [-0.05, 0) is 24.1 Å². The quantitative estimate of drug-likeness (QED) is 0.711. The molecule has 0 heterocycles. The molecule has 0 aliphatic heterocycles. The maximum Gasteiger partial charge on any atom is 0.118 e. The number of rotatable bonds is 6. The van der Waals surface area contributed by atoms with E-state index in [1.807, 2.05) is 12.1 Å². The second kappa shape index (κ2) is 6.46. The number of benzene rings is 1. The van der Waals surface area contributed by atoms with E-state index in [1.54, 1.807) is 14.2 Å². The highest BCUT2D eigenvalue weighted by atomic mass is 16.5. The van der Waals surface area contributed by atoms with Crippen molar-refractivity contribution in [2.75, 3.05) is 14.2 Å². The summed E-state index contributed by atoms with van der Waals surface area (Å²) in [4.78, 5) is 0. The van der Waals surface area contributed by atoms with Gasteiger partial charge in [0.2, 0.25) is 0 Å². The van der Waals surface area contributed by atoms with E-state index >= 15 is 0 Å². The molecule has 0 spiro atoms. The molecule has 1 unspecified atom stereocenters. The van der Waals surface area contributed by atoms with Crippen LogP contribution in [0.4, 0.5) is 0 Å². The Morgan fingerprint density at radius 2 is 1.80 bits per heavy atom. The van der Waals surface area contributed by atoms with Crippen LogP contribution < -0.4 is 4.74 Å². The molecule has 84 valence electrons. The van der Waals surface area contributed by atoms with Gasteiger partial charge in [-0.3, -0.25) is 0 Å². The molecule has 1 atom stereocenters. The fourth-order valence-electron chi connectivity index (χ4n) is 1.63. The van der Waals surface area contributed by atoms with Crippen LogP contribution in [-0.2, 0) is 4.74 Å². The highest BCUT2D eigenvalue weighted by Gasteiger charge is 2.09. The molecule has 2 heteroatoms. The van der Waals surface area contributed by atoms with Gasteiger partial charge in [0.15, 0.2) is 0 Å². The second-order valence-corrected chi connectivity index (χ2v) is 3.64. The van der Waals surface area contributed by atoms with Crippen molar-refractivity contribution in [1.29, 1.82) is 0 Å². The third-order valence-corrected chi connectivity index (χ3v) is 2.59. The Morgan fingerprint density at radius 3 is 2.27 bits per heavy atom. The van der Waals surface area contributed by atoms with Gasteiger partial charge in [-0.15, -0.1) is 0 Å². The molecule has 0 bridgehead atoms. The van der Waals surface area contributed by atoms with Crippen LogP contribution in [0.1, 0.15) is 37.9 Å². The van der Waals surface area contributed by atoms with Crippen molar-refractivity contribution in [3.8, 4) is 5.75 Å². The Kier molecular flexibility index (Phi) is 5.19. The van der Waals surface area contributed by atoms with Gasteiger partial charge in [-0.1, -0.05) is 31.9 Å². The maximum absolute atomic E-state index is 5.47. The molecule has 1 aromatic carbocycles. The van der Waals surface area contributed by atoms with Gasteiger partial charge in [-0.25, -0.2) is 0 Å². The van der Waals surface area contributed by atoms with Crippen LogP contribution in [-0.4, -0.2) is 14.2 Å². The fraction of sp³-hybridized carbons (Fsp3) is 0.538. The van der Waals surface area contributed by atoms with Gasteiger partial charge < -0.3 is 9.47 Å². The zero-order valence-corrected chi connectivity index (χ0v) is 9.82. The summed E-state index contributed by atoms with van der Waals surface area (Å²) < 4.78 is 10.6. The molecule has 0 fully saturated rings. The monoisotopic (exact) mass is 208 g/mol. The van der Waals surface area contributed by atoms with Gasteiger partial charge in [0.25, 0.3) is 0 Å². The minimum absolute atomic E-state index is 0.218. The highest BCUT2D eigenvalue weighted by Crippen LogP contribution is 2.24. The largest absolute Gasteiger partial charge is 0.497 e. The summed E-state index contributed by atoms with van der Waals surface area (Å²) in [5, 5.41) is 0. The molecule has 2 nitrogen and oxygen atoms in total. The van der Waals surface area contributed by atoms with Crippen molar-refractivity contribution in [3.05, 3.63) is 29.8 Å². The Hall–Kier alpha value is -1.02. The molecule has 15 heavy (non-hydrogen) atoms. The SMILES string of the molecule is CCCCC(OC)c1ccc(OC)cc1. The van der Waals surface area contributed by atoms with Crippen LogP contribution in [0.15, 0.2) is 24.3 Å². The van der Waals surface area contributed by atoms with E-state index in [-0.39, 0.29) is 6.10 Å². The molecular weight excluding hydrogens is 188 g/mol. The number of ether oxygens (including phenoxy) is 2. The van der Waals surface area contributed by atoms with Crippen LogP contribution in [0.3, 0.4) is 0 Å². The van der Waals surface area contributed by atoms with Gasteiger partial charge in [0.1, 0.15) is 5.75 Å². The Balaban J connectivity index is 2.65. The maximum atomic E-state index is 5.47. The van der Waals surface area contributed by atoms with Gasteiger partial charge in [-0.2, -0.15) is 0 Å². The predicted octanol–water partition coefficient (Wildman–Crippen LogP) is 3.57. The number of unbranched alkanes of at least 4 members (excludes halogenated alkanes) is 1. The summed E-state index contributed by atoms with van der Waals surface area (Å²) in [5.41, 5.74) is 1.23. The van der Waals surface area contributed by atoms with Crippen molar-refractivity contribution < 1.29 is 9.47 Å². The molecule has 0 saturated carbocycles. The normalized spacial score (nSPS) is 12.5. The number of methoxy groups -OCH3 is 2. The van der Waals surface area contributed by atoms with E-state index < -0.39 is 0 Å². The summed E-state index contributed by atoms with van der Waals surface area (Å²) in [6.07, 6.45) is 3.70. The van der Waals surface area contributed by atoms with E-state index in [9.17, 15) is 0 Å². The molecule has 0 saturated heterocycles. The van der Waals surface area contributed by atoms with Crippen molar-refractivity contribution in [1.82, 2.24) is 0 Å². The predicted molar refractivity (Wildman–Crippen MR) is 62.3 cm³/mol. The Bertz CT molecular complexity index is 266. The smallest absolute Gasteiger partial charge is 0.118 e. The first-order valence-corrected chi connectivity index (χ1v) is 5.48. The first kappa shape index (κ1) is 12.1. The van der Waals surface area contributed by atoms with E-state index in [0.29, 0.717) is 0 Å². The van der Waals surface area contributed by atoms with Gasteiger partial charge in [0, 0.05) is 7.11 Å². The van der Waals surface area contributed by atoms with Gasteiger partial charge in [0.05, 0.1) is 13.2 Å². The lowest BCUT2D eigenvalue weighted by molar-refractivity contribution is 0.0936. The van der Waals surface area contributed by atoms with E-state index in [1.165, 1.54) is 18.4 Å². The number of hydrogen-bond acceptors (Lipinski definition) is 2. The van der Waals surface area contributed by atoms with E-state index in [0.717, 1.165) is 12.2 Å². The third kappa shape index (κ3) is 3.56. The van der Waals surface area contributed by atoms with Crippen molar-refractivity contribution >= 4 is 0 Å². The molecule has 0 N–H and O–H groups in total. The summed E-state index contributed by atoms with van der Waals surface area (Å²) in [5.74, 6) is 0.893. The van der Waals surface area contributed by atoms with Crippen molar-refractivity contribution in [3.63, 3.8) is 0 Å². The molecule has 0 amide bonds. The summed E-state index contributed by atoms with van der Waals surface area (Å²) in [7, 11) is 3.45. The molecule has 1 rings (SSSR count). The molecule has 0 aliphatic rings. The summed E-state index contributed by atoms with van der Waals surface area (Å²) >= 11 is 0. The van der Waals surface area contributed by atoms with Gasteiger partial charge >= 0.3 is 0 Å². The minimum atomic E-state index is 0.218. The molecular formula is C13H20O2. The first-order valence-electron chi connectivity index (χ1n) is 5.48. The van der Waals surface area contributed by atoms with E-state index in [4.69, 9.17) is 9.47 Å². The molecule has 0 radical (unpaired) electrons. The Labute approximate surface area is 92.2 Å². The first-order chi connectivity index (χ1) is 7.31. The topological polar surface area (TPSA) is 18.5 Å². The minimum Gasteiger partial charge on any atom is -0.497 e. The van der Waals surface area contributed by atoms with Crippen LogP contribution in [0.2, 0.25) is 0 Å². The summed E-state index contributed by atoms with van der Waals surface area (Å²) in [6, 6.07) is 8.10. The lowest BCUT2D eigenvalue weighted by Crippen LogP contribution is -2.01. The molecule has 0 aliphatic carbocycles.